The van der Waals surface area contributed by atoms with Crippen molar-refractivity contribution in [2.45, 2.75) is 13.2 Å². The van der Waals surface area contributed by atoms with Gasteiger partial charge >= 0.3 is 148 Å². The fourth-order valence-electron chi connectivity index (χ4n) is 0.590. The monoisotopic (exact) mass is 702 g/mol. The van der Waals surface area contributed by atoms with Gasteiger partial charge in [-0.15, -0.1) is 0 Å². The van der Waals surface area contributed by atoms with Crippen LogP contribution in [0, 0.1) is 0 Å². The Labute approximate surface area is 145 Å². The third-order valence-electron chi connectivity index (χ3n) is 1.21. The second-order valence-electron chi connectivity index (χ2n) is 2.24. The molecule has 17 heavy (non-hydrogen) atoms. The molecule has 0 aliphatic rings. The number of halogens is 4. The molecule has 0 radical (unpaired) electrons. The van der Waals surface area contributed by atoms with Crippen LogP contribution in [0.2, 0.25) is 0 Å². The maximum absolute atomic E-state index is 5.65. The van der Waals surface area contributed by atoms with Gasteiger partial charge in [-0.3, -0.25) is 0 Å². The second-order valence-corrected chi connectivity index (χ2v) is 8.95. The van der Waals surface area contributed by atoms with Gasteiger partial charge in [-0.25, -0.2) is 0 Å². The van der Waals surface area contributed by atoms with Crippen LogP contribution in [0.4, 0.5) is 0 Å². The zero-order valence-electron chi connectivity index (χ0n) is 10.2. The molecule has 0 saturated heterocycles. The predicted octanol–water partition coefficient (Wildman–Crippen LogP) is -12.7. The SMILES string of the molecule is C[I-]NO[C@@H](C)N(ON(ON[I-]C)[I-]C)[I-]C. The average Bonchev–Trinajstić information content (AvgIpc) is 2.36. The molecule has 0 fully saturated rings. The molecule has 0 amide bonds. The molecule has 0 spiro atoms. The van der Waals surface area contributed by atoms with Crippen molar-refractivity contribution in [3.8, 4) is 0 Å². The molecule has 0 unspecified atom stereocenters. The Balaban J connectivity index is 4.05. The van der Waals surface area contributed by atoms with Crippen molar-refractivity contribution >= 4 is 0 Å². The van der Waals surface area contributed by atoms with E-state index in [4.69, 9.17) is 14.7 Å². The van der Waals surface area contributed by atoms with Gasteiger partial charge < -0.3 is 0 Å². The first-order valence-corrected chi connectivity index (χ1v) is 17.0. The topological polar surface area (TPSA) is 58.2 Å². The summed E-state index contributed by atoms with van der Waals surface area (Å²) in [6.45, 7) is 1.96. The van der Waals surface area contributed by atoms with Crippen molar-refractivity contribution in [1.82, 2.24) is 14.1 Å². The Morgan fingerprint density at radius 2 is 1.65 bits per heavy atom. The Morgan fingerprint density at radius 1 is 1.00 bits per heavy atom. The summed E-state index contributed by atoms with van der Waals surface area (Å²) in [4.78, 5) is 24.8. The number of hydrogen-bond acceptors (Lipinski definition) is 7. The summed E-state index contributed by atoms with van der Waals surface area (Å²) in [5.41, 5.74) is 0. The molecular formula is C6H18I4N4O3-4. The molecule has 0 saturated carbocycles. The first-order chi connectivity index (χ1) is 8.19. The molecule has 0 aliphatic carbocycles. The number of nitrogens with one attached hydrogen (secondary N) is 2. The van der Waals surface area contributed by atoms with Gasteiger partial charge in [-0.1, -0.05) is 0 Å². The van der Waals surface area contributed by atoms with Crippen molar-refractivity contribution in [3.63, 3.8) is 0 Å². The van der Waals surface area contributed by atoms with Gasteiger partial charge in [0.15, 0.2) is 0 Å². The summed E-state index contributed by atoms with van der Waals surface area (Å²) in [7, 11) is 0. The van der Waals surface area contributed by atoms with Crippen LogP contribution in [0.3, 0.4) is 0 Å². The Hall–Kier alpha value is 2.64. The van der Waals surface area contributed by atoms with Crippen LogP contribution >= 0.6 is 0 Å². The molecule has 0 aromatic rings. The van der Waals surface area contributed by atoms with E-state index in [0.717, 1.165) is 0 Å². The Kier molecular flexibility index (Phi) is 15.7. The van der Waals surface area contributed by atoms with Crippen LogP contribution in [0.25, 0.3) is 0 Å². The third-order valence-corrected chi connectivity index (χ3v) is 5.61. The molecule has 0 aromatic carbocycles. The first-order valence-electron chi connectivity index (χ1n) is 4.26. The minimum atomic E-state index is -0.299. The van der Waals surface area contributed by atoms with E-state index in [-0.39, 0.29) is 92.1 Å². The summed E-state index contributed by atoms with van der Waals surface area (Å²) in [6.07, 6.45) is -0.106. The van der Waals surface area contributed by atoms with E-state index < -0.39 is 0 Å². The minimum absolute atomic E-state index is 0.0798. The van der Waals surface area contributed by atoms with Crippen LogP contribution in [0.1, 0.15) is 6.92 Å². The standard InChI is InChI=1S/C6H18I4N4O3/c1-6(15-11-7-2)13(9-4)17-14(10-5)16-12-8-3/h6,11-12H,1-5H3/q-4/t6-/m0/s1. The van der Waals surface area contributed by atoms with E-state index >= 15 is 0 Å². The van der Waals surface area contributed by atoms with Gasteiger partial charge in [0.05, 0.1) is 0 Å². The van der Waals surface area contributed by atoms with Crippen molar-refractivity contribution in [2.24, 2.45) is 0 Å². The van der Waals surface area contributed by atoms with Crippen LogP contribution in [-0.4, -0.2) is 32.7 Å². The van der Waals surface area contributed by atoms with Crippen LogP contribution < -0.4 is 93.3 Å². The molecular weight excluding hydrogens is 684 g/mol. The van der Waals surface area contributed by atoms with E-state index in [1.807, 2.05) is 10.2 Å². The van der Waals surface area contributed by atoms with Gasteiger partial charge in [0.25, 0.3) is 0 Å². The summed E-state index contributed by atoms with van der Waals surface area (Å²) >= 11 is -0.729. The zero-order chi connectivity index (χ0) is 13.1. The van der Waals surface area contributed by atoms with Crippen LogP contribution in [-0.2, 0) is 14.7 Å². The van der Waals surface area contributed by atoms with Gasteiger partial charge in [0.2, 0.25) is 0 Å². The van der Waals surface area contributed by atoms with Gasteiger partial charge in [-0.2, -0.15) is 0 Å². The van der Waals surface area contributed by atoms with E-state index in [1.165, 1.54) is 3.44 Å². The first kappa shape index (κ1) is 19.6. The van der Waals surface area contributed by atoms with Crippen LogP contribution in [0.5, 0.6) is 0 Å². The van der Waals surface area contributed by atoms with Crippen molar-refractivity contribution < 1.29 is 101 Å². The molecule has 0 bridgehead atoms. The maximum atomic E-state index is 5.65. The number of nitrogens with zero attached hydrogens (tertiary/aromatic N) is 2. The van der Waals surface area contributed by atoms with Crippen LogP contribution in [0.15, 0.2) is 0 Å². The molecule has 0 rings (SSSR count). The molecule has 0 aliphatic heterocycles. The quantitative estimate of drug-likeness (QED) is 0.0731. The van der Waals surface area contributed by atoms with E-state index in [2.05, 4.69) is 27.1 Å². The summed E-state index contributed by atoms with van der Waals surface area (Å²) in [5, 5.41) is 0. The number of alkyl halides is 4. The predicted molar refractivity (Wildman–Crippen MR) is 46.4 cm³/mol. The normalized spacial score (nSPS) is 14.5. The fraction of sp³-hybridized carbons (Fsp3) is 1.00. The van der Waals surface area contributed by atoms with Gasteiger partial charge in [0.1, 0.15) is 0 Å². The summed E-state index contributed by atoms with van der Waals surface area (Å²) < 4.78 is 9.20. The fourth-order valence-corrected chi connectivity index (χ4v) is 4.20. The number of hydroxylamine groups is 1. The zero-order valence-corrected chi connectivity index (χ0v) is 18.8. The molecule has 2 N–H and O–H groups in total. The van der Waals surface area contributed by atoms with Crippen molar-refractivity contribution in [2.75, 3.05) is 19.7 Å². The van der Waals surface area contributed by atoms with Crippen molar-refractivity contribution in [1.29, 1.82) is 0 Å². The number of rotatable bonds is 11. The van der Waals surface area contributed by atoms with Gasteiger partial charge in [0, 0.05) is 0 Å². The third kappa shape index (κ3) is 10.1. The molecule has 0 aromatic heterocycles. The molecule has 7 nitrogen and oxygen atoms in total. The molecule has 11 heteroatoms. The Morgan fingerprint density at radius 3 is 2.12 bits per heavy atom. The van der Waals surface area contributed by atoms with E-state index in [9.17, 15) is 0 Å². The average molecular weight is 702 g/mol. The van der Waals surface area contributed by atoms with Crippen molar-refractivity contribution in [3.05, 3.63) is 0 Å². The summed E-state index contributed by atoms with van der Waals surface area (Å²) in [6, 6.07) is 0. The van der Waals surface area contributed by atoms with Gasteiger partial charge in [-0.05, 0) is 0 Å². The van der Waals surface area contributed by atoms with E-state index in [1.54, 1.807) is 0 Å². The summed E-state index contributed by atoms with van der Waals surface area (Å²) in [5.74, 6) is 0. The second kappa shape index (κ2) is 13.6. The number of hydrogen-bond donors (Lipinski definition) is 2. The Bertz CT molecular complexity index is 183. The molecule has 0 heterocycles. The molecule has 1 atom stereocenters. The molecule has 112 valence electrons. The van der Waals surface area contributed by atoms with E-state index in [0.29, 0.717) is 0 Å².